The predicted octanol–water partition coefficient (Wildman–Crippen LogP) is -2.41. The lowest BCUT2D eigenvalue weighted by Crippen LogP contribution is -2.42. The summed E-state index contributed by atoms with van der Waals surface area (Å²) < 4.78 is 15.5. The van der Waals surface area contributed by atoms with E-state index < -0.39 is 24.3 Å². The Bertz CT molecular complexity index is 208. The Kier molecular flexibility index (Phi) is 5.67. The van der Waals surface area contributed by atoms with Crippen LogP contribution in [0.1, 0.15) is 0 Å². The predicted molar refractivity (Wildman–Crippen MR) is 57.1 cm³/mol. The number of aliphatic hydroxyl groups excluding tert-OH is 2. The molecule has 92 valence electrons. The van der Waals surface area contributed by atoms with Gasteiger partial charge in [0.15, 0.2) is 0 Å². The molecule has 4 N–H and O–H groups in total. The molecule has 1 saturated heterocycles. The van der Waals surface area contributed by atoms with Gasteiger partial charge in [-0.15, -0.1) is 0 Å². The summed E-state index contributed by atoms with van der Waals surface area (Å²) in [7, 11) is 7.17. The molecule has 0 aromatic heterocycles. The molecule has 6 nitrogen and oxygen atoms in total. The first-order valence-electron chi connectivity index (χ1n) is 5.18. The van der Waals surface area contributed by atoms with Gasteiger partial charge >= 0.3 is 0 Å². The van der Waals surface area contributed by atoms with Gasteiger partial charge in [-0.2, -0.15) is 0 Å². The third kappa shape index (κ3) is 3.16. The van der Waals surface area contributed by atoms with Crippen LogP contribution in [0.2, 0.25) is 0 Å². The summed E-state index contributed by atoms with van der Waals surface area (Å²) in [5, 5.41) is 18.7. The molecule has 16 heavy (non-hydrogen) atoms. The van der Waals surface area contributed by atoms with E-state index in [0.29, 0.717) is 6.61 Å². The molecule has 0 spiro atoms. The van der Waals surface area contributed by atoms with Crippen LogP contribution in [0, 0.1) is 0 Å². The smallest absolute Gasteiger partial charge is 0.112 e. The van der Waals surface area contributed by atoms with E-state index in [1.54, 1.807) is 0 Å². The molecular weight excluding hydrogens is 213 g/mol. The van der Waals surface area contributed by atoms with E-state index in [9.17, 15) is 5.11 Å². The molecular formula is C9H18BNO5. The van der Waals surface area contributed by atoms with Crippen LogP contribution in [0.15, 0.2) is 0 Å². The maximum atomic E-state index is 9.76. The number of methoxy groups -OCH3 is 1. The molecule has 1 rings (SSSR count). The van der Waals surface area contributed by atoms with Crippen LogP contribution in [0.4, 0.5) is 0 Å². The minimum atomic E-state index is -0.953. The maximum Gasteiger partial charge on any atom is 0.112 e. The van der Waals surface area contributed by atoms with Crippen molar-refractivity contribution in [2.45, 2.75) is 30.4 Å². The zero-order chi connectivity index (χ0) is 12.1. The van der Waals surface area contributed by atoms with Crippen molar-refractivity contribution in [3.63, 3.8) is 0 Å². The molecule has 0 saturated carbocycles. The van der Waals surface area contributed by atoms with Crippen LogP contribution < -0.4 is 5.73 Å². The summed E-state index contributed by atoms with van der Waals surface area (Å²) in [5.74, 6) is 0. The zero-order valence-electron chi connectivity index (χ0n) is 9.28. The van der Waals surface area contributed by atoms with Gasteiger partial charge in [-0.25, -0.2) is 0 Å². The SMILES string of the molecule is [B][C@@H]1O[C@H](CO)C(O)C1OC(CN)COC. The molecule has 1 fully saturated rings. The lowest BCUT2D eigenvalue weighted by molar-refractivity contribution is -0.0835. The first-order valence-corrected chi connectivity index (χ1v) is 5.18. The van der Waals surface area contributed by atoms with Crippen LogP contribution in [-0.2, 0) is 14.2 Å². The van der Waals surface area contributed by atoms with Crippen molar-refractivity contribution in [1.82, 2.24) is 0 Å². The van der Waals surface area contributed by atoms with Gasteiger partial charge in [-0.05, 0) is 0 Å². The second kappa shape index (κ2) is 6.53. The second-order valence-electron chi connectivity index (χ2n) is 3.73. The molecule has 1 aliphatic rings. The van der Waals surface area contributed by atoms with Gasteiger partial charge in [0, 0.05) is 19.7 Å². The number of ether oxygens (including phenoxy) is 3. The van der Waals surface area contributed by atoms with Gasteiger partial charge in [0.2, 0.25) is 0 Å². The standard InChI is InChI=1S/C9H18BNO5/c1-14-4-5(2-11)15-8-7(13)6(3-12)16-9(8)10/h5-9,12-13H,2-4,11H2,1H3/t5?,6-,7?,8?,9-/m1/s1. The Morgan fingerprint density at radius 2 is 2.25 bits per heavy atom. The third-order valence-electron chi connectivity index (χ3n) is 2.52. The molecule has 0 aromatic rings. The molecule has 0 aliphatic carbocycles. The Morgan fingerprint density at radius 1 is 1.56 bits per heavy atom. The van der Waals surface area contributed by atoms with Gasteiger partial charge in [0.1, 0.15) is 26.2 Å². The average Bonchev–Trinajstić information content (AvgIpc) is 2.55. The maximum absolute atomic E-state index is 9.76. The lowest BCUT2D eigenvalue weighted by Gasteiger charge is -2.24. The normalized spacial score (nSPS) is 36.5. The Balaban J connectivity index is 2.52. The van der Waals surface area contributed by atoms with Crippen molar-refractivity contribution in [3.05, 3.63) is 0 Å². The van der Waals surface area contributed by atoms with Crippen molar-refractivity contribution >= 4 is 7.85 Å². The highest BCUT2D eigenvalue weighted by Crippen LogP contribution is 2.23. The van der Waals surface area contributed by atoms with Crippen molar-refractivity contribution < 1.29 is 24.4 Å². The molecule has 0 aromatic carbocycles. The molecule has 0 bridgehead atoms. The first kappa shape index (κ1) is 13.9. The number of hydrogen-bond acceptors (Lipinski definition) is 6. The number of hydrogen-bond donors (Lipinski definition) is 3. The van der Waals surface area contributed by atoms with E-state index in [0.717, 1.165) is 0 Å². The Labute approximate surface area is 96.1 Å². The van der Waals surface area contributed by atoms with Gasteiger partial charge in [-0.1, -0.05) is 0 Å². The van der Waals surface area contributed by atoms with Crippen LogP contribution in [0.25, 0.3) is 0 Å². The van der Waals surface area contributed by atoms with Gasteiger partial charge < -0.3 is 30.2 Å². The number of nitrogens with two attached hydrogens (primary N) is 1. The molecule has 5 atom stereocenters. The highest BCUT2D eigenvalue weighted by atomic mass is 16.6. The fraction of sp³-hybridized carbons (Fsp3) is 1.00. The van der Waals surface area contributed by atoms with E-state index in [2.05, 4.69) is 0 Å². The van der Waals surface area contributed by atoms with E-state index in [4.69, 9.17) is 32.9 Å². The van der Waals surface area contributed by atoms with Crippen molar-refractivity contribution in [2.24, 2.45) is 5.73 Å². The summed E-state index contributed by atoms with van der Waals surface area (Å²) in [6, 6.07) is -0.766. The zero-order valence-corrected chi connectivity index (χ0v) is 9.28. The van der Waals surface area contributed by atoms with Crippen molar-refractivity contribution in [3.8, 4) is 0 Å². The topological polar surface area (TPSA) is 94.2 Å². The van der Waals surface area contributed by atoms with Gasteiger partial charge in [0.25, 0.3) is 0 Å². The van der Waals surface area contributed by atoms with E-state index in [1.165, 1.54) is 7.11 Å². The Morgan fingerprint density at radius 3 is 2.69 bits per heavy atom. The average molecular weight is 231 g/mol. The quantitative estimate of drug-likeness (QED) is 0.441. The monoisotopic (exact) mass is 231 g/mol. The molecule has 3 unspecified atom stereocenters. The molecule has 7 heteroatoms. The lowest BCUT2D eigenvalue weighted by atomic mass is 9.92. The molecule has 1 aliphatic heterocycles. The number of rotatable bonds is 6. The van der Waals surface area contributed by atoms with Crippen LogP contribution in [-0.4, -0.2) is 75.3 Å². The minimum absolute atomic E-state index is 0.258. The van der Waals surface area contributed by atoms with Crippen molar-refractivity contribution in [2.75, 3.05) is 26.9 Å². The summed E-state index contributed by atoms with van der Waals surface area (Å²) in [5.41, 5.74) is 5.48. The van der Waals surface area contributed by atoms with Crippen LogP contribution in [0.5, 0.6) is 0 Å². The van der Waals surface area contributed by atoms with Gasteiger partial charge in [-0.3, -0.25) is 0 Å². The molecule has 0 amide bonds. The summed E-state index contributed by atoms with van der Waals surface area (Å²) in [6.45, 7) is 0.274. The summed E-state index contributed by atoms with van der Waals surface area (Å²) >= 11 is 0. The fourth-order valence-corrected chi connectivity index (χ4v) is 1.65. The second-order valence-corrected chi connectivity index (χ2v) is 3.73. The van der Waals surface area contributed by atoms with E-state index in [1.807, 2.05) is 0 Å². The van der Waals surface area contributed by atoms with E-state index in [-0.39, 0.29) is 19.3 Å². The largest absolute Gasteiger partial charge is 0.394 e. The highest BCUT2D eigenvalue weighted by molar-refractivity contribution is 6.11. The van der Waals surface area contributed by atoms with Crippen molar-refractivity contribution in [1.29, 1.82) is 0 Å². The molecule has 2 radical (unpaired) electrons. The first-order chi connectivity index (χ1) is 7.63. The fourth-order valence-electron chi connectivity index (χ4n) is 1.65. The third-order valence-corrected chi connectivity index (χ3v) is 2.52. The van der Waals surface area contributed by atoms with Crippen LogP contribution >= 0.6 is 0 Å². The minimum Gasteiger partial charge on any atom is -0.394 e. The highest BCUT2D eigenvalue weighted by Gasteiger charge is 2.42. The van der Waals surface area contributed by atoms with Crippen LogP contribution in [0.3, 0.4) is 0 Å². The number of aliphatic hydroxyl groups is 2. The van der Waals surface area contributed by atoms with E-state index >= 15 is 0 Å². The summed E-state index contributed by atoms with van der Waals surface area (Å²) in [6.07, 6.45) is -2.70. The molecule has 1 heterocycles. The Hall–Kier alpha value is -0.175. The van der Waals surface area contributed by atoms with Gasteiger partial charge in [0.05, 0.1) is 19.3 Å². The summed E-state index contributed by atoms with van der Waals surface area (Å²) in [4.78, 5) is 0.